The van der Waals surface area contributed by atoms with Crippen molar-refractivity contribution in [1.29, 1.82) is 0 Å². The third kappa shape index (κ3) is 13.3. The van der Waals surface area contributed by atoms with Crippen LogP contribution in [-0.2, 0) is 63.0 Å². The molecular weight excluding hydrogens is 1060 g/mol. The highest BCUT2D eigenvalue weighted by Gasteiger charge is 2.27. The molecule has 34 heteroatoms. The first-order valence-corrected chi connectivity index (χ1v) is 26.3. The maximum absolute atomic E-state index is 13.3. The van der Waals surface area contributed by atoms with E-state index >= 15 is 0 Å². The minimum absolute atomic E-state index is 0.0634. The van der Waals surface area contributed by atoms with Gasteiger partial charge in [-0.2, -0.15) is 27.1 Å². The molecular formula is C37H34N10O18S6. The number of sulfone groups is 1. The van der Waals surface area contributed by atoms with Gasteiger partial charge in [-0.15, -0.1) is 29.1 Å². The molecule has 0 atom stereocenters. The summed E-state index contributed by atoms with van der Waals surface area (Å²) in [6.07, 6.45) is 0. The van der Waals surface area contributed by atoms with E-state index in [-0.39, 0.29) is 50.9 Å². The number of nitrogen functional groups attached to an aromatic ring is 3. The first-order valence-electron chi connectivity index (χ1n) is 18.9. The number of phenols is 1. The number of aryl methyl sites for hydroxylation is 1. The molecule has 6 rings (SSSR count). The quantitative estimate of drug-likeness (QED) is 0.00621. The number of phenolic OH excluding ortho intramolecular Hbond substituents is 1. The molecule has 0 radical (unpaired) electrons. The molecule has 0 amide bonds. The summed E-state index contributed by atoms with van der Waals surface area (Å²) < 4.78 is 138. The number of anilines is 4. The van der Waals surface area contributed by atoms with E-state index in [0.717, 1.165) is 42.0 Å². The van der Waals surface area contributed by atoms with Crippen LogP contribution in [0.15, 0.2) is 146 Å². The van der Waals surface area contributed by atoms with Gasteiger partial charge in [-0.05, 0) is 109 Å². The van der Waals surface area contributed by atoms with Gasteiger partial charge in [0.1, 0.15) is 32.5 Å². The van der Waals surface area contributed by atoms with Gasteiger partial charge in [-0.25, -0.2) is 27.4 Å². The number of fused-ring (bicyclic) bond motifs is 1. The van der Waals surface area contributed by atoms with Crippen LogP contribution >= 0.6 is 24.4 Å². The van der Waals surface area contributed by atoms with Gasteiger partial charge in [0.15, 0.2) is 27.9 Å². The highest BCUT2D eigenvalue weighted by molar-refractivity contribution is 7.94. The molecule has 0 unspecified atom stereocenters. The number of hydrogen-bond donors (Lipinski definition) is 9. The van der Waals surface area contributed by atoms with Crippen LogP contribution in [0.5, 0.6) is 5.75 Å². The summed E-state index contributed by atoms with van der Waals surface area (Å²) in [7, 11) is -18.9. The smallest absolute Gasteiger partial charge is 0.296 e. The monoisotopic (exact) mass is 1100 g/mol. The third-order valence-electron chi connectivity index (χ3n) is 9.33. The average Bonchev–Trinajstić information content (AvgIpc) is 3.30. The Balaban J connectivity index is 1.30. The van der Waals surface area contributed by atoms with Crippen molar-refractivity contribution < 1.29 is 81.3 Å². The van der Waals surface area contributed by atoms with Crippen molar-refractivity contribution in [3.8, 4) is 5.75 Å². The van der Waals surface area contributed by atoms with Gasteiger partial charge in [0.2, 0.25) is 0 Å². The van der Waals surface area contributed by atoms with Crippen LogP contribution in [0.4, 0.5) is 56.9 Å². The SMILES string of the molecule is Cc1cc(/N=N/c2ccc(NS(=O)(=O)c3ccc(/N=N/c4c(S(=O)(=O)O)cc5cc(SOOO)c(/N=N/c6ccc(S(=O)(=O)CCOSOOO)cc6S(=O)(=O)O)c(O)c5c4N)cc3)cc2)c(N)cc1N. The number of nitrogens with two attached hydrogens (primary N) is 3. The van der Waals surface area contributed by atoms with Crippen molar-refractivity contribution in [2.75, 3.05) is 34.3 Å². The van der Waals surface area contributed by atoms with Gasteiger partial charge in [-0.3, -0.25) is 18.0 Å². The number of nitrogens with zero attached hydrogens (tertiary/aromatic N) is 6. The van der Waals surface area contributed by atoms with E-state index in [9.17, 15) is 47.9 Å². The Morgan fingerprint density at radius 3 is 1.86 bits per heavy atom. The normalized spacial score (nSPS) is 12.7. The van der Waals surface area contributed by atoms with E-state index in [2.05, 4.69) is 54.2 Å². The zero-order valence-corrected chi connectivity index (χ0v) is 40.4. The van der Waals surface area contributed by atoms with Crippen molar-refractivity contribution in [3.05, 3.63) is 96.6 Å². The van der Waals surface area contributed by atoms with Crippen molar-refractivity contribution in [2.45, 2.75) is 31.4 Å². The second-order valence-electron chi connectivity index (χ2n) is 14.0. The molecule has 0 fully saturated rings. The molecule has 0 aromatic heterocycles. The molecule has 12 N–H and O–H groups in total. The average molecular weight is 1100 g/mol. The van der Waals surface area contributed by atoms with E-state index in [1.165, 1.54) is 36.4 Å². The fraction of sp³-hybridized carbons (Fsp3) is 0.0811. The summed E-state index contributed by atoms with van der Waals surface area (Å²) in [5, 5.41) is 58.5. The molecule has 0 aliphatic carbocycles. The Kier molecular flexibility index (Phi) is 16.9. The second-order valence-corrected chi connectivity index (χ2v) is 21.8. The highest BCUT2D eigenvalue weighted by atomic mass is 32.2. The van der Waals surface area contributed by atoms with Gasteiger partial charge >= 0.3 is 0 Å². The number of benzene rings is 6. The molecule has 0 spiro atoms. The Morgan fingerprint density at radius 2 is 1.23 bits per heavy atom. The second kappa shape index (κ2) is 22.3. The molecule has 0 saturated heterocycles. The van der Waals surface area contributed by atoms with Crippen LogP contribution < -0.4 is 21.9 Å². The lowest BCUT2D eigenvalue weighted by Gasteiger charge is -2.14. The standard InChI is InChI=1S/C37H34N10O18S6/c1-19-14-29(27(39)18-26(19)38)44-41-21-2-4-23(5-3-21)47-69(53,54)24-8-6-22(7-9-24)42-46-36-32(71(58,59)60)16-20-15-30(66-64-62-49)35(37(48)33(20)34(36)40)45-43-28-11-10-25(17-31(28)70(55,56)57)68(51,52)13-12-61-67-65-63-50/h2-11,14-18,47-50H,12-13,38-40H2,1H3,(H,55,56,57)(H,58,59,60)/b44-41+,45-43+,46-42+. The maximum Gasteiger partial charge on any atom is 0.296 e. The molecule has 0 heterocycles. The lowest BCUT2D eigenvalue weighted by Crippen LogP contribution is -2.12. The minimum Gasteiger partial charge on any atom is -0.505 e. The fourth-order valence-electron chi connectivity index (χ4n) is 5.97. The molecule has 0 saturated carbocycles. The fourth-order valence-corrected chi connectivity index (χ4v) is 10.3. The van der Waals surface area contributed by atoms with Gasteiger partial charge in [0, 0.05) is 11.4 Å². The number of hydrogen-bond acceptors (Lipinski definition) is 27. The van der Waals surface area contributed by atoms with Gasteiger partial charge in [-0.1, -0.05) is 10.1 Å². The van der Waals surface area contributed by atoms with E-state index in [0.29, 0.717) is 28.8 Å². The maximum atomic E-state index is 13.3. The number of rotatable bonds is 21. The number of aromatic hydroxyl groups is 1. The van der Waals surface area contributed by atoms with Gasteiger partial charge < -0.3 is 22.3 Å². The summed E-state index contributed by atoms with van der Waals surface area (Å²) in [6, 6.07) is 17.9. The number of nitrogens with one attached hydrogen (secondary N) is 1. The Bertz CT molecular complexity index is 3550. The predicted octanol–water partition coefficient (Wildman–Crippen LogP) is 8.34. The Morgan fingerprint density at radius 1 is 0.634 bits per heavy atom. The molecule has 0 bridgehead atoms. The van der Waals surface area contributed by atoms with Crippen molar-refractivity contribution in [3.63, 3.8) is 0 Å². The Labute approximate surface area is 410 Å². The molecule has 6 aromatic carbocycles. The largest absolute Gasteiger partial charge is 0.505 e. The summed E-state index contributed by atoms with van der Waals surface area (Å²) in [5.41, 5.74) is 17.9. The van der Waals surface area contributed by atoms with Gasteiger partial charge in [0.25, 0.3) is 30.3 Å². The molecule has 28 nitrogen and oxygen atoms in total. The molecule has 376 valence electrons. The topological polar surface area (TPSA) is 448 Å². The van der Waals surface area contributed by atoms with Crippen molar-refractivity contribution in [1.82, 2.24) is 0 Å². The van der Waals surface area contributed by atoms with Crippen LogP contribution in [0.3, 0.4) is 0 Å². The summed E-state index contributed by atoms with van der Waals surface area (Å²) >= 11 is 0.227. The first-order chi connectivity index (χ1) is 33.4. The van der Waals surface area contributed by atoms with E-state index in [4.69, 9.17) is 31.9 Å². The van der Waals surface area contributed by atoms with Crippen LogP contribution in [0.1, 0.15) is 5.56 Å². The summed E-state index contributed by atoms with van der Waals surface area (Å²) in [4.78, 5) is -3.23. The summed E-state index contributed by atoms with van der Waals surface area (Å²) in [5.74, 6) is -1.69. The zero-order valence-electron chi connectivity index (χ0n) is 35.5. The summed E-state index contributed by atoms with van der Waals surface area (Å²) in [6.45, 7) is 1.24. The van der Waals surface area contributed by atoms with Crippen LogP contribution in [0, 0.1) is 6.92 Å². The van der Waals surface area contributed by atoms with Crippen molar-refractivity contribution >= 4 is 132 Å². The van der Waals surface area contributed by atoms with E-state index < -0.39 is 101 Å². The zero-order chi connectivity index (χ0) is 51.9. The van der Waals surface area contributed by atoms with E-state index in [1.807, 2.05) is 0 Å². The molecule has 0 aliphatic rings. The highest BCUT2D eigenvalue weighted by Crippen LogP contribution is 2.50. The number of sulfonamides is 1. The first kappa shape index (κ1) is 53.9. The van der Waals surface area contributed by atoms with Crippen molar-refractivity contribution in [2.24, 2.45) is 30.7 Å². The van der Waals surface area contributed by atoms with Crippen LogP contribution in [-0.4, -0.2) is 70.8 Å². The van der Waals surface area contributed by atoms with E-state index in [1.54, 1.807) is 19.1 Å². The Hall–Kier alpha value is -6.48. The molecule has 0 aliphatic heterocycles. The lowest BCUT2D eigenvalue weighted by molar-refractivity contribution is -0.434. The minimum atomic E-state index is -5.25. The third-order valence-corrected chi connectivity index (χ3v) is 15.2. The number of azo groups is 3. The van der Waals surface area contributed by atoms with Crippen LogP contribution in [0.25, 0.3) is 10.8 Å². The van der Waals surface area contributed by atoms with Gasteiger partial charge in [0.05, 0.1) is 67.2 Å². The van der Waals surface area contributed by atoms with Crippen LogP contribution in [0.2, 0.25) is 0 Å². The predicted molar refractivity (Wildman–Crippen MR) is 253 cm³/mol. The molecule has 71 heavy (non-hydrogen) atoms. The lowest BCUT2D eigenvalue weighted by atomic mass is 10.1. The molecule has 6 aromatic rings.